The van der Waals surface area contributed by atoms with Gasteiger partial charge in [0, 0.05) is 57.0 Å². The van der Waals surface area contributed by atoms with E-state index in [0.29, 0.717) is 26.1 Å². The van der Waals surface area contributed by atoms with Crippen molar-refractivity contribution >= 4 is 21.7 Å². The van der Waals surface area contributed by atoms with E-state index in [0.717, 1.165) is 11.9 Å². The lowest BCUT2D eigenvalue weighted by atomic mass is 10.0. The number of nitrogens with one attached hydrogen (secondary N) is 1. The number of amides is 2. The molecule has 1 aliphatic rings. The molecule has 8 heteroatoms. The van der Waals surface area contributed by atoms with Crippen molar-refractivity contribution in [2.45, 2.75) is 25.9 Å². The molecule has 2 amide bonds. The van der Waals surface area contributed by atoms with Crippen molar-refractivity contribution in [3.8, 4) is 0 Å². The molecule has 1 aromatic heterocycles. The lowest BCUT2D eigenvalue weighted by Crippen LogP contribution is -2.36. The Hall–Kier alpha value is -1.83. The van der Waals surface area contributed by atoms with E-state index >= 15 is 0 Å². The van der Waals surface area contributed by atoms with Gasteiger partial charge in [0.05, 0.1) is 12.3 Å². The van der Waals surface area contributed by atoms with Gasteiger partial charge in [-0.1, -0.05) is 0 Å². The van der Waals surface area contributed by atoms with Gasteiger partial charge in [0.1, 0.15) is 9.84 Å². The number of carbonyl (C=O) groups excluding carboxylic acids is 2. The zero-order chi connectivity index (χ0) is 17.0. The maximum Gasteiger partial charge on any atom is 0.223 e. The van der Waals surface area contributed by atoms with Gasteiger partial charge in [0.15, 0.2) is 0 Å². The molecule has 0 spiro atoms. The van der Waals surface area contributed by atoms with Crippen LogP contribution in [0.15, 0.2) is 18.3 Å². The molecule has 23 heavy (non-hydrogen) atoms. The van der Waals surface area contributed by atoms with Gasteiger partial charge in [-0.25, -0.2) is 8.42 Å². The van der Waals surface area contributed by atoms with E-state index in [-0.39, 0.29) is 29.9 Å². The quantitative estimate of drug-likeness (QED) is 0.818. The third-order valence-electron chi connectivity index (χ3n) is 4.00. The van der Waals surface area contributed by atoms with Crippen LogP contribution in [0.25, 0.3) is 0 Å². The summed E-state index contributed by atoms with van der Waals surface area (Å²) in [7, 11) is -1.58. The zero-order valence-electron chi connectivity index (χ0n) is 13.5. The average Bonchev–Trinajstić information content (AvgIpc) is 2.82. The van der Waals surface area contributed by atoms with Gasteiger partial charge in [-0.05, 0) is 12.1 Å². The molecule has 2 rings (SSSR count). The smallest absolute Gasteiger partial charge is 0.223 e. The van der Waals surface area contributed by atoms with Crippen LogP contribution >= 0.6 is 0 Å². The van der Waals surface area contributed by atoms with Gasteiger partial charge in [0.25, 0.3) is 0 Å². The SMILES string of the molecule is CNC(=O)C[C@@H]1CN(C(=O)CCS(C)(=O)=O)Cc2cccn2C1. The predicted molar refractivity (Wildman–Crippen MR) is 86.4 cm³/mol. The van der Waals surface area contributed by atoms with Gasteiger partial charge < -0.3 is 14.8 Å². The monoisotopic (exact) mass is 341 g/mol. The first-order valence-electron chi connectivity index (χ1n) is 7.58. The minimum Gasteiger partial charge on any atom is -0.359 e. The van der Waals surface area contributed by atoms with Crippen LogP contribution in [0.2, 0.25) is 0 Å². The van der Waals surface area contributed by atoms with Crippen molar-refractivity contribution < 1.29 is 18.0 Å². The largest absolute Gasteiger partial charge is 0.359 e. The molecule has 0 saturated carbocycles. The molecule has 1 N–H and O–H groups in total. The van der Waals surface area contributed by atoms with E-state index in [1.807, 2.05) is 18.3 Å². The van der Waals surface area contributed by atoms with Crippen molar-refractivity contribution in [1.82, 2.24) is 14.8 Å². The molecule has 0 aliphatic carbocycles. The number of hydrogen-bond acceptors (Lipinski definition) is 4. The summed E-state index contributed by atoms with van der Waals surface area (Å²) in [5.41, 5.74) is 0.997. The molecular weight excluding hydrogens is 318 g/mol. The van der Waals surface area contributed by atoms with E-state index in [1.54, 1.807) is 11.9 Å². The number of hydrogen-bond donors (Lipinski definition) is 1. The van der Waals surface area contributed by atoms with Crippen LogP contribution in [0.1, 0.15) is 18.5 Å². The molecule has 2 heterocycles. The Bertz CT molecular complexity index is 681. The molecule has 1 aromatic rings. The Balaban J connectivity index is 2.12. The minimum atomic E-state index is -3.17. The van der Waals surface area contributed by atoms with Gasteiger partial charge in [0.2, 0.25) is 11.8 Å². The lowest BCUT2D eigenvalue weighted by molar-refractivity contribution is -0.132. The Morgan fingerprint density at radius 2 is 2.09 bits per heavy atom. The van der Waals surface area contributed by atoms with E-state index in [1.165, 1.54) is 0 Å². The average molecular weight is 341 g/mol. The molecule has 0 unspecified atom stereocenters. The van der Waals surface area contributed by atoms with E-state index in [4.69, 9.17) is 0 Å². The normalized spacial score (nSPS) is 18.2. The molecule has 1 aliphatic heterocycles. The van der Waals surface area contributed by atoms with Crippen molar-refractivity contribution in [3.63, 3.8) is 0 Å². The molecule has 0 radical (unpaired) electrons. The second kappa shape index (κ2) is 7.16. The number of aromatic nitrogens is 1. The van der Waals surface area contributed by atoms with Gasteiger partial charge >= 0.3 is 0 Å². The summed E-state index contributed by atoms with van der Waals surface area (Å²) >= 11 is 0. The summed E-state index contributed by atoms with van der Waals surface area (Å²) in [6.07, 6.45) is 3.38. The third kappa shape index (κ3) is 5.09. The summed E-state index contributed by atoms with van der Waals surface area (Å²) in [5.74, 6) is -0.393. The number of sulfone groups is 1. The van der Waals surface area contributed by atoms with Crippen molar-refractivity contribution in [1.29, 1.82) is 0 Å². The molecule has 128 valence electrons. The van der Waals surface area contributed by atoms with Crippen LogP contribution in [0.3, 0.4) is 0 Å². The second-order valence-corrected chi connectivity index (χ2v) is 8.31. The minimum absolute atomic E-state index is 0.00536. The van der Waals surface area contributed by atoms with Crippen molar-refractivity contribution in [3.05, 3.63) is 24.0 Å². The Kier molecular flexibility index (Phi) is 5.46. The number of nitrogens with zero attached hydrogens (tertiary/aromatic N) is 2. The number of carbonyl (C=O) groups is 2. The van der Waals surface area contributed by atoms with Crippen LogP contribution in [0.5, 0.6) is 0 Å². The number of rotatable bonds is 5. The highest BCUT2D eigenvalue weighted by molar-refractivity contribution is 7.90. The van der Waals surface area contributed by atoms with Crippen LogP contribution in [-0.2, 0) is 32.5 Å². The van der Waals surface area contributed by atoms with E-state index in [9.17, 15) is 18.0 Å². The fourth-order valence-corrected chi connectivity index (χ4v) is 3.34. The molecule has 0 saturated heterocycles. The van der Waals surface area contributed by atoms with Crippen LogP contribution < -0.4 is 5.32 Å². The van der Waals surface area contributed by atoms with E-state index < -0.39 is 9.84 Å². The summed E-state index contributed by atoms with van der Waals surface area (Å²) < 4.78 is 24.6. The first-order valence-corrected chi connectivity index (χ1v) is 9.64. The topological polar surface area (TPSA) is 88.5 Å². The first-order chi connectivity index (χ1) is 10.8. The lowest BCUT2D eigenvalue weighted by Gasteiger charge is -2.24. The van der Waals surface area contributed by atoms with Crippen molar-refractivity contribution in [2.75, 3.05) is 25.6 Å². The number of fused-ring (bicyclic) bond motifs is 1. The van der Waals surface area contributed by atoms with Gasteiger partial charge in [-0.3, -0.25) is 9.59 Å². The highest BCUT2D eigenvalue weighted by Crippen LogP contribution is 2.20. The Morgan fingerprint density at radius 3 is 2.74 bits per heavy atom. The van der Waals surface area contributed by atoms with Crippen molar-refractivity contribution in [2.24, 2.45) is 5.92 Å². The third-order valence-corrected chi connectivity index (χ3v) is 4.95. The fraction of sp³-hybridized carbons (Fsp3) is 0.600. The fourth-order valence-electron chi connectivity index (χ4n) is 2.79. The Labute approximate surface area is 136 Å². The summed E-state index contributed by atoms with van der Waals surface area (Å²) in [6.45, 7) is 1.57. The van der Waals surface area contributed by atoms with Gasteiger partial charge in [-0.15, -0.1) is 0 Å². The molecule has 0 aromatic carbocycles. The zero-order valence-corrected chi connectivity index (χ0v) is 14.3. The molecule has 0 fully saturated rings. The maximum atomic E-state index is 12.4. The van der Waals surface area contributed by atoms with E-state index in [2.05, 4.69) is 9.88 Å². The predicted octanol–water partition coefficient (Wildman–Crippen LogP) is 0.0173. The Morgan fingerprint density at radius 1 is 1.35 bits per heavy atom. The standard InChI is InChI=1S/C15H23N3O4S/c1-16-14(19)8-12-9-17-6-3-4-13(17)11-18(10-12)15(20)5-7-23(2,21)22/h3-4,6,12H,5,7-11H2,1-2H3,(H,16,19)/t12-/m0/s1. The van der Waals surface area contributed by atoms with Crippen LogP contribution in [0, 0.1) is 5.92 Å². The van der Waals surface area contributed by atoms with Gasteiger partial charge in [-0.2, -0.15) is 0 Å². The molecule has 7 nitrogen and oxygen atoms in total. The summed E-state index contributed by atoms with van der Waals surface area (Å²) in [4.78, 5) is 25.7. The second-order valence-electron chi connectivity index (χ2n) is 6.05. The molecule has 1 atom stereocenters. The summed E-state index contributed by atoms with van der Waals surface area (Å²) in [6, 6.07) is 3.86. The van der Waals surface area contributed by atoms with Crippen LogP contribution in [-0.4, -0.2) is 55.3 Å². The highest BCUT2D eigenvalue weighted by Gasteiger charge is 2.26. The maximum absolute atomic E-state index is 12.4. The highest BCUT2D eigenvalue weighted by atomic mass is 32.2. The summed E-state index contributed by atoms with van der Waals surface area (Å²) in [5, 5.41) is 2.61. The molecular formula is C15H23N3O4S. The first kappa shape index (κ1) is 17.5. The van der Waals surface area contributed by atoms with Crippen LogP contribution in [0.4, 0.5) is 0 Å². The molecule has 0 bridgehead atoms.